The number of aldehydes is 1. The number of hydrogen-bond donors (Lipinski definition) is 0. The third kappa shape index (κ3) is 3.23. The Morgan fingerprint density at radius 3 is 2.73 bits per heavy atom. The summed E-state index contributed by atoms with van der Waals surface area (Å²) in [7, 11) is 1.33. The number of benzene rings is 1. The van der Waals surface area contributed by atoms with Gasteiger partial charge in [-0.25, -0.2) is 4.79 Å². The molecular weight excluding hydrogens is 336 g/mol. The Labute approximate surface area is 152 Å². The molecule has 26 heavy (non-hydrogen) atoms. The predicted molar refractivity (Wildman–Crippen MR) is 91.6 cm³/mol. The fourth-order valence-electron chi connectivity index (χ4n) is 3.90. The van der Waals surface area contributed by atoms with E-state index in [0.717, 1.165) is 11.8 Å². The molecule has 3 rings (SSSR count). The summed E-state index contributed by atoms with van der Waals surface area (Å²) in [5.41, 5.74) is -0.195. The van der Waals surface area contributed by atoms with Crippen LogP contribution in [0, 0.1) is 17.8 Å². The minimum Gasteiger partial charge on any atom is -0.489 e. The number of methoxy groups -OCH3 is 1. The van der Waals surface area contributed by atoms with E-state index in [2.05, 4.69) is 0 Å². The van der Waals surface area contributed by atoms with Crippen LogP contribution in [0.5, 0.6) is 0 Å². The van der Waals surface area contributed by atoms with Crippen LogP contribution in [0.25, 0.3) is 0 Å². The molecule has 1 fully saturated rings. The zero-order valence-corrected chi connectivity index (χ0v) is 14.8. The second-order valence-corrected chi connectivity index (χ2v) is 6.88. The van der Waals surface area contributed by atoms with Gasteiger partial charge in [0, 0.05) is 0 Å². The van der Waals surface area contributed by atoms with Crippen LogP contribution in [0.2, 0.25) is 0 Å². The lowest BCUT2D eigenvalue weighted by Crippen LogP contribution is -2.50. The van der Waals surface area contributed by atoms with Gasteiger partial charge in [0.25, 0.3) is 0 Å². The van der Waals surface area contributed by atoms with Gasteiger partial charge in [-0.1, -0.05) is 37.3 Å². The Bertz CT molecular complexity index is 725. The fourth-order valence-corrected chi connectivity index (χ4v) is 3.90. The smallest absolute Gasteiger partial charge is 0.335 e. The molecule has 1 aromatic rings. The largest absolute Gasteiger partial charge is 0.489 e. The Hall–Kier alpha value is -2.63. The van der Waals surface area contributed by atoms with Gasteiger partial charge >= 0.3 is 11.9 Å². The van der Waals surface area contributed by atoms with Crippen molar-refractivity contribution in [3.63, 3.8) is 0 Å². The molecular formula is C20H22O6. The van der Waals surface area contributed by atoms with E-state index < -0.39 is 23.4 Å². The van der Waals surface area contributed by atoms with E-state index in [1.165, 1.54) is 13.2 Å². The van der Waals surface area contributed by atoms with Gasteiger partial charge in [-0.15, -0.1) is 0 Å². The molecule has 2 aliphatic rings. The molecule has 1 saturated carbocycles. The van der Waals surface area contributed by atoms with Crippen molar-refractivity contribution in [1.29, 1.82) is 0 Å². The molecule has 6 nitrogen and oxygen atoms in total. The van der Waals surface area contributed by atoms with Gasteiger partial charge in [-0.3, -0.25) is 4.79 Å². The van der Waals surface area contributed by atoms with Crippen molar-refractivity contribution in [1.82, 2.24) is 0 Å². The third-order valence-electron chi connectivity index (χ3n) is 5.27. The first kappa shape index (κ1) is 18.2. The highest BCUT2D eigenvalue weighted by atomic mass is 16.6. The molecule has 1 aromatic carbocycles. The van der Waals surface area contributed by atoms with Crippen molar-refractivity contribution in [2.24, 2.45) is 17.8 Å². The van der Waals surface area contributed by atoms with Crippen molar-refractivity contribution in [3.8, 4) is 0 Å². The summed E-state index contributed by atoms with van der Waals surface area (Å²) in [4.78, 5) is 35.8. The molecule has 0 unspecified atom stereocenters. The molecule has 1 aliphatic carbocycles. The Morgan fingerprint density at radius 1 is 1.35 bits per heavy atom. The minimum atomic E-state index is -1.14. The average molecular weight is 358 g/mol. The summed E-state index contributed by atoms with van der Waals surface area (Å²) in [5.74, 6) is -1.69. The molecule has 6 heteroatoms. The quantitative estimate of drug-likeness (QED) is 0.594. The third-order valence-corrected chi connectivity index (χ3v) is 5.27. The van der Waals surface area contributed by atoms with Gasteiger partial charge in [0.1, 0.15) is 18.7 Å². The van der Waals surface area contributed by atoms with Crippen LogP contribution in [0.3, 0.4) is 0 Å². The number of carbonyl (C=O) groups excluding carboxylic acids is 3. The van der Waals surface area contributed by atoms with Crippen molar-refractivity contribution in [3.05, 3.63) is 47.7 Å². The lowest BCUT2D eigenvalue weighted by molar-refractivity contribution is -0.168. The van der Waals surface area contributed by atoms with Gasteiger partial charge in [0.05, 0.1) is 25.0 Å². The molecule has 0 bridgehead atoms. The Balaban J connectivity index is 1.83. The van der Waals surface area contributed by atoms with E-state index >= 15 is 0 Å². The number of rotatable bonds is 5. The van der Waals surface area contributed by atoms with Gasteiger partial charge in [0.15, 0.2) is 5.60 Å². The maximum Gasteiger partial charge on any atom is 0.335 e. The van der Waals surface area contributed by atoms with Crippen molar-refractivity contribution in [2.45, 2.75) is 32.0 Å². The normalized spacial score (nSPS) is 30.5. The second-order valence-electron chi connectivity index (χ2n) is 6.88. The zero-order valence-electron chi connectivity index (χ0n) is 14.8. The summed E-state index contributed by atoms with van der Waals surface area (Å²) in [5, 5.41) is 0. The van der Waals surface area contributed by atoms with Crippen molar-refractivity contribution < 1.29 is 28.6 Å². The van der Waals surface area contributed by atoms with E-state index in [-0.39, 0.29) is 24.9 Å². The van der Waals surface area contributed by atoms with E-state index in [0.29, 0.717) is 12.2 Å². The van der Waals surface area contributed by atoms with Gasteiger partial charge in [0.2, 0.25) is 0 Å². The maximum atomic E-state index is 12.0. The molecule has 0 aromatic heterocycles. The highest BCUT2D eigenvalue weighted by Gasteiger charge is 2.57. The lowest BCUT2D eigenvalue weighted by atomic mass is 9.66. The topological polar surface area (TPSA) is 78.9 Å². The lowest BCUT2D eigenvalue weighted by Gasteiger charge is -2.43. The van der Waals surface area contributed by atoms with E-state index in [1.54, 1.807) is 0 Å². The van der Waals surface area contributed by atoms with Gasteiger partial charge in [-0.2, -0.15) is 0 Å². The summed E-state index contributed by atoms with van der Waals surface area (Å²) in [6.07, 6.45) is 2.66. The zero-order chi connectivity index (χ0) is 18.7. The summed E-state index contributed by atoms with van der Waals surface area (Å²) in [6.45, 7) is 2.16. The van der Waals surface area contributed by atoms with Crippen LogP contribution in [-0.2, 0) is 35.2 Å². The van der Waals surface area contributed by atoms with Gasteiger partial charge in [-0.05, 0) is 24.3 Å². The van der Waals surface area contributed by atoms with E-state index in [1.807, 2.05) is 37.3 Å². The molecule has 1 heterocycles. The Morgan fingerprint density at radius 2 is 2.08 bits per heavy atom. The first-order valence-electron chi connectivity index (χ1n) is 8.65. The summed E-state index contributed by atoms with van der Waals surface area (Å²) >= 11 is 0. The summed E-state index contributed by atoms with van der Waals surface area (Å²) < 4.78 is 16.3. The van der Waals surface area contributed by atoms with Crippen LogP contribution in [-0.4, -0.2) is 30.9 Å². The average Bonchev–Trinajstić information content (AvgIpc) is 2.95. The molecule has 4 atom stereocenters. The van der Waals surface area contributed by atoms with Crippen molar-refractivity contribution in [2.75, 3.05) is 7.11 Å². The number of hydrogen-bond acceptors (Lipinski definition) is 6. The standard InChI is InChI=1S/C20H22O6/c1-13-10-20(15(11-21)8-16(13)19(23)24-2)17(9-18(22)26-20)25-12-14-6-4-3-5-7-14/h3-7,9,11,13,15-16H,8,10,12H2,1-2H3/t13-,15+,16-,20+/m1/s1. The molecule has 1 spiro atoms. The molecule has 0 N–H and O–H groups in total. The summed E-state index contributed by atoms with van der Waals surface area (Å²) in [6, 6.07) is 9.54. The molecule has 0 radical (unpaired) electrons. The number of ether oxygens (including phenoxy) is 3. The van der Waals surface area contributed by atoms with Crippen LogP contribution >= 0.6 is 0 Å². The molecule has 0 saturated heterocycles. The van der Waals surface area contributed by atoms with E-state index in [9.17, 15) is 14.4 Å². The molecule has 1 aliphatic heterocycles. The van der Waals surface area contributed by atoms with Gasteiger partial charge < -0.3 is 19.0 Å². The number of esters is 2. The number of carbonyl (C=O) groups is 3. The highest BCUT2D eigenvalue weighted by molar-refractivity contribution is 5.87. The molecule has 138 valence electrons. The predicted octanol–water partition coefficient (Wildman–Crippen LogP) is 2.42. The van der Waals surface area contributed by atoms with Crippen LogP contribution < -0.4 is 0 Å². The monoisotopic (exact) mass is 358 g/mol. The maximum absolute atomic E-state index is 12.0. The Kier molecular flexibility index (Phi) is 5.11. The van der Waals surface area contributed by atoms with Crippen LogP contribution in [0.15, 0.2) is 42.2 Å². The SMILES string of the molecule is COC(=O)[C@@H]1C[C@@H](C=O)[C@]2(C[C@H]1C)OC(=O)C=C2OCc1ccccc1. The first-order chi connectivity index (χ1) is 12.5. The first-order valence-corrected chi connectivity index (χ1v) is 8.65. The molecule has 0 amide bonds. The van der Waals surface area contributed by atoms with Crippen molar-refractivity contribution >= 4 is 18.2 Å². The van der Waals surface area contributed by atoms with Crippen LogP contribution in [0.4, 0.5) is 0 Å². The highest BCUT2D eigenvalue weighted by Crippen LogP contribution is 2.49. The fraction of sp³-hybridized carbons (Fsp3) is 0.450. The van der Waals surface area contributed by atoms with Crippen LogP contribution in [0.1, 0.15) is 25.3 Å². The minimum absolute atomic E-state index is 0.117. The second kappa shape index (κ2) is 7.32. The van der Waals surface area contributed by atoms with E-state index in [4.69, 9.17) is 14.2 Å².